The molecule has 1 atom stereocenters. The summed E-state index contributed by atoms with van der Waals surface area (Å²) in [7, 11) is 0. The lowest BCUT2D eigenvalue weighted by Crippen LogP contribution is -2.32. The fourth-order valence-corrected chi connectivity index (χ4v) is 1.30. The molecule has 0 radical (unpaired) electrons. The van der Waals surface area contributed by atoms with Gasteiger partial charge in [-0.25, -0.2) is 9.37 Å². The maximum Gasteiger partial charge on any atom is 0.215 e. The first-order chi connectivity index (χ1) is 7.03. The molecule has 4 heteroatoms. The summed E-state index contributed by atoms with van der Waals surface area (Å²) in [5.74, 6) is 0.128. The van der Waals surface area contributed by atoms with Gasteiger partial charge in [0.25, 0.3) is 0 Å². The van der Waals surface area contributed by atoms with E-state index in [4.69, 9.17) is 10.2 Å². The van der Waals surface area contributed by atoms with Crippen molar-refractivity contribution in [2.75, 3.05) is 0 Å². The van der Waals surface area contributed by atoms with Crippen LogP contribution in [0.2, 0.25) is 0 Å². The molecule has 2 aromatic rings. The summed E-state index contributed by atoms with van der Waals surface area (Å²) in [5, 5.41) is 0. The highest BCUT2D eigenvalue weighted by Gasteiger charge is 2.25. The minimum absolute atomic E-state index is 0.322. The molecule has 0 amide bonds. The predicted octanol–water partition coefficient (Wildman–Crippen LogP) is 2.55. The Balaban J connectivity index is 2.56. The maximum atomic E-state index is 12.9. The summed E-state index contributed by atoms with van der Waals surface area (Å²) in [4.78, 5) is 4.18. The van der Waals surface area contributed by atoms with Gasteiger partial charge < -0.3 is 10.2 Å². The molecule has 0 bridgehead atoms. The van der Waals surface area contributed by atoms with E-state index in [1.54, 1.807) is 6.07 Å². The summed E-state index contributed by atoms with van der Waals surface area (Å²) in [6.45, 7) is 3.80. The average molecular weight is 208 g/mol. The maximum absolute atomic E-state index is 12.9. The van der Waals surface area contributed by atoms with Gasteiger partial charge in [-0.05, 0) is 25.5 Å². The van der Waals surface area contributed by atoms with E-state index in [0.717, 1.165) is 0 Å². The molecule has 3 nitrogen and oxygen atoms in total. The van der Waals surface area contributed by atoms with Gasteiger partial charge in [0.15, 0.2) is 5.58 Å². The van der Waals surface area contributed by atoms with Crippen molar-refractivity contribution >= 4 is 11.1 Å². The largest absolute Gasteiger partial charge is 0.439 e. The molecule has 2 N–H and O–H groups in total. The highest BCUT2D eigenvalue weighted by atomic mass is 19.1. The molecule has 80 valence electrons. The van der Waals surface area contributed by atoms with E-state index in [0.29, 0.717) is 23.4 Å². The molecule has 1 aromatic heterocycles. The van der Waals surface area contributed by atoms with Crippen LogP contribution in [0.3, 0.4) is 0 Å². The monoisotopic (exact) mass is 208 g/mol. The molecular weight excluding hydrogens is 195 g/mol. The number of halogens is 1. The minimum Gasteiger partial charge on any atom is -0.439 e. The Kier molecular flexibility index (Phi) is 2.23. The summed E-state index contributed by atoms with van der Waals surface area (Å²) in [5.41, 5.74) is 6.46. The van der Waals surface area contributed by atoms with Crippen LogP contribution in [0.15, 0.2) is 22.6 Å². The van der Waals surface area contributed by atoms with Gasteiger partial charge in [-0.2, -0.15) is 0 Å². The highest BCUT2D eigenvalue weighted by Crippen LogP contribution is 2.25. The number of hydrogen-bond acceptors (Lipinski definition) is 3. The van der Waals surface area contributed by atoms with Gasteiger partial charge in [0.2, 0.25) is 5.89 Å². The standard InChI is InChI=1S/C11H13FN2O/c1-3-11(2,13)10-14-8-6-7(12)4-5-9(8)15-10/h4-6H,3,13H2,1-2H3. The Bertz CT molecular complexity index is 490. The van der Waals surface area contributed by atoms with Crippen molar-refractivity contribution in [2.24, 2.45) is 5.73 Å². The van der Waals surface area contributed by atoms with E-state index < -0.39 is 5.54 Å². The van der Waals surface area contributed by atoms with Gasteiger partial charge in [-0.3, -0.25) is 0 Å². The molecular formula is C11H13FN2O. The third kappa shape index (κ3) is 1.72. The summed E-state index contributed by atoms with van der Waals surface area (Å²) >= 11 is 0. The zero-order valence-corrected chi connectivity index (χ0v) is 8.75. The third-order valence-electron chi connectivity index (χ3n) is 2.57. The fraction of sp³-hybridized carbons (Fsp3) is 0.364. The van der Waals surface area contributed by atoms with Crippen molar-refractivity contribution in [3.63, 3.8) is 0 Å². The van der Waals surface area contributed by atoms with Crippen LogP contribution in [-0.2, 0) is 5.54 Å². The molecule has 1 heterocycles. The van der Waals surface area contributed by atoms with E-state index in [2.05, 4.69) is 4.98 Å². The van der Waals surface area contributed by atoms with Crippen molar-refractivity contribution in [3.8, 4) is 0 Å². The van der Waals surface area contributed by atoms with Crippen LogP contribution in [0.25, 0.3) is 11.1 Å². The molecule has 0 fully saturated rings. The van der Waals surface area contributed by atoms with E-state index in [-0.39, 0.29) is 5.82 Å². The average Bonchev–Trinajstić information content (AvgIpc) is 2.61. The third-order valence-corrected chi connectivity index (χ3v) is 2.57. The number of rotatable bonds is 2. The molecule has 0 aliphatic rings. The lowest BCUT2D eigenvalue weighted by atomic mass is 10.0. The number of fused-ring (bicyclic) bond motifs is 1. The van der Waals surface area contributed by atoms with E-state index in [1.807, 2.05) is 13.8 Å². The van der Waals surface area contributed by atoms with Crippen LogP contribution in [0, 0.1) is 5.82 Å². The SMILES string of the molecule is CCC(C)(N)c1nc2cc(F)ccc2o1. The summed E-state index contributed by atoms with van der Waals surface area (Å²) in [6.07, 6.45) is 0.711. The molecule has 2 rings (SSSR count). The second-order valence-corrected chi connectivity index (χ2v) is 3.90. The summed E-state index contributed by atoms with van der Waals surface area (Å²) < 4.78 is 18.4. The number of hydrogen-bond donors (Lipinski definition) is 1. The fourth-order valence-electron chi connectivity index (χ4n) is 1.30. The highest BCUT2D eigenvalue weighted by molar-refractivity contribution is 5.72. The molecule has 1 unspecified atom stereocenters. The molecule has 15 heavy (non-hydrogen) atoms. The van der Waals surface area contributed by atoms with E-state index in [1.165, 1.54) is 12.1 Å². The minimum atomic E-state index is -0.602. The van der Waals surface area contributed by atoms with Crippen molar-refractivity contribution in [3.05, 3.63) is 29.9 Å². The Morgan fingerprint density at radius 3 is 2.93 bits per heavy atom. The Morgan fingerprint density at radius 2 is 2.27 bits per heavy atom. The number of nitrogens with zero attached hydrogens (tertiary/aromatic N) is 1. The van der Waals surface area contributed by atoms with Crippen molar-refractivity contribution < 1.29 is 8.81 Å². The lowest BCUT2D eigenvalue weighted by Gasteiger charge is -2.17. The predicted molar refractivity (Wildman–Crippen MR) is 55.8 cm³/mol. The van der Waals surface area contributed by atoms with Crippen LogP contribution in [0.5, 0.6) is 0 Å². The van der Waals surface area contributed by atoms with Gasteiger partial charge in [0.05, 0.1) is 5.54 Å². The Morgan fingerprint density at radius 1 is 1.53 bits per heavy atom. The smallest absolute Gasteiger partial charge is 0.215 e. The van der Waals surface area contributed by atoms with Crippen LogP contribution in [-0.4, -0.2) is 4.98 Å². The number of aromatic nitrogens is 1. The molecule has 0 saturated heterocycles. The number of benzene rings is 1. The van der Waals surface area contributed by atoms with Gasteiger partial charge in [0, 0.05) is 6.07 Å². The molecule has 0 aliphatic heterocycles. The van der Waals surface area contributed by atoms with Crippen molar-refractivity contribution in [1.82, 2.24) is 4.98 Å². The first-order valence-electron chi connectivity index (χ1n) is 4.88. The number of nitrogens with two attached hydrogens (primary N) is 1. The number of oxazole rings is 1. The van der Waals surface area contributed by atoms with Crippen LogP contribution in [0.4, 0.5) is 4.39 Å². The Hall–Kier alpha value is -1.42. The second-order valence-electron chi connectivity index (χ2n) is 3.90. The van der Waals surface area contributed by atoms with Crippen molar-refractivity contribution in [2.45, 2.75) is 25.8 Å². The van der Waals surface area contributed by atoms with Gasteiger partial charge >= 0.3 is 0 Å². The van der Waals surface area contributed by atoms with E-state index >= 15 is 0 Å². The molecule has 0 saturated carbocycles. The van der Waals surface area contributed by atoms with Gasteiger partial charge in [-0.15, -0.1) is 0 Å². The van der Waals surface area contributed by atoms with Gasteiger partial charge in [-0.1, -0.05) is 6.92 Å². The summed E-state index contributed by atoms with van der Waals surface area (Å²) in [6, 6.07) is 4.25. The zero-order valence-electron chi connectivity index (χ0n) is 8.75. The molecule has 0 aliphatic carbocycles. The first kappa shape index (κ1) is 10.1. The van der Waals surface area contributed by atoms with Crippen molar-refractivity contribution in [1.29, 1.82) is 0 Å². The second kappa shape index (κ2) is 3.31. The first-order valence-corrected chi connectivity index (χ1v) is 4.88. The normalized spacial score (nSPS) is 15.5. The lowest BCUT2D eigenvalue weighted by molar-refractivity contribution is 0.356. The quantitative estimate of drug-likeness (QED) is 0.825. The van der Waals surface area contributed by atoms with Gasteiger partial charge in [0.1, 0.15) is 11.3 Å². The van der Waals surface area contributed by atoms with Crippen LogP contribution < -0.4 is 5.73 Å². The van der Waals surface area contributed by atoms with Crippen LogP contribution >= 0.6 is 0 Å². The Labute approximate surface area is 87.1 Å². The topological polar surface area (TPSA) is 52.0 Å². The van der Waals surface area contributed by atoms with Crippen LogP contribution in [0.1, 0.15) is 26.2 Å². The zero-order chi connectivity index (χ0) is 11.1. The molecule has 0 spiro atoms. The van der Waals surface area contributed by atoms with E-state index in [9.17, 15) is 4.39 Å². The molecule has 1 aromatic carbocycles.